The lowest BCUT2D eigenvalue weighted by Crippen LogP contribution is -2.44. The molecule has 0 aliphatic carbocycles. The molecule has 4 atom stereocenters. The molecule has 0 aromatic carbocycles. The van der Waals surface area contributed by atoms with E-state index in [2.05, 4.69) is 0 Å². The summed E-state index contributed by atoms with van der Waals surface area (Å²) in [6.07, 6.45) is -2.56. The van der Waals surface area contributed by atoms with Gasteiger partial charge in [-0.25, -0.2) is 0 Å². The quantitative estimate of drug-likeness (QED) is 0.526. The van der Waals surface area contributed by atoms with Gasteiger partial charge in [-0.1, -0.05) is 6.92 Å². The van der Waals surface area contributed by atoms with Gasteiger partial charge < -0.3 is 24.8 Å². The molecule has 1 aliphatic heterocycles. The highest BCUT2D eigenvalue weighted by Crippen LogP contribution is 2.34. The summed E-state index contributed by atoms with van der Waals surface area (Å²) in [5, 5.41) is 27.9. The van der Waals surface area contributed by atoms with Gasteiger partial charge in [0.2, 0.25) is 0 Å². The Bertz CT molecular complexity index is 168. The van der Waals surface area contributed by atoms with Crippen molar-refractivity contribution in [2.45, 2.75) is 37.4 Å². The minimum atomic E-state index is -1.17. The molecule has 1 heterocycles. The standard InChI is InChI=1S/C8H16O5/c1-3-8(12-2)7(11)6(10)5(4-9)13-8/h5-7,9-11H,3-4H2,1-2H3/t5-,6+,7+,8-/m1/s1. The van der Waals surface area contributed by atoms with Crippen molar-refractivity contribution in [3.05, 3.63) is 0 Å². The van der Waals surface area contributed by atoms with Crippen LogP contribution in [0, 0.1) is 0 Å². The van der Waals surface area contributed by atoms with Crippen molar-refractivity contribution >= 4 is 0 Å². The molecule has 0 radical (unpaired) electrons. The van der Waals surface area contributed by atoms with Crippen molar-refractivity contribution < 1.29 is 24.8 Å². The number of rotatable bonds is 3. The molecule has 78 valence electrons. The highest BCUT2D eigenvalue weighted by Gasteiger charge is 2.53. The van der Waals surface area contributed by atoms with Crippen LogP contribution in [-0.2, 0) is 9.47 Å². The van der Waals surface area contributed by atoms with Gasteiger partial charge in [0.15, 0.2) is 5.79 Å². The van der Waals surface area contributed by atoms with Crippen molar-refractivity contribution in [1.29, 1.82) is 0 Å². The van der Waals surface area contributed by atoms with E-state index in [0.29, 0.717) is 6.42 Å². The van der Waals surface area contributed by atoms with E-state index >= 15 is 0 Å². The highest BCUT2D eigenvalue weighted by atomic mass is 16.7. The fourth-order valence-corrected chi connectivity index (χ4v) is 1.61. The zero-order valence-corrected chi connectivity index (χ0v) is 7.80. The first-order valence-corrected chi connectivity index (χ1v) is 4.31. The SMILES string of the molecule is CC[C@@]1(OC)O[C@H](CO)[C@H](O)[C@@H]1O. The normalized spacial score (nSPS) is 45.5. The second-order valence-electron chi connectivity index (χ2n) is 3.14. The molecule has 0 saturated carbocycles. The van der Waals surface area contributed by atoms with E-state index in [1.54, 1.807) is 6.92 Å². The predicted molar refractivity (Wildman–Crippen MR) is 44.0 cm³/mol. The number of ether oxygens (including phenoxy) is 2. The van der Waals surface area contributed by atoms with Crippen LogP contribution in [0.15, 0.2) is 0 Å². The lowest BCUT2D eigenvalue weighted by Gasteiger charge is -2.28. The summed E-state index contributed by atoms with van der Waals surface area (Å²) in [7, 11) is 1.40. The summed E-state index contributed by atoms with van der Waals surface area (Å²) in [4.78, 5) is 0. The molecule has 0 spiro atoms. The molecule has 5 heteroatoms. The molecule has 13 heavy (non-hydrogen) atoms. The summed E-state index contributed by atoms with van der Waals surface area (Å²) in [5.74, 6) is -1.17. The molecule has 1 rings (SSSR count). The van der Waals surface area contributed by atoms with E-state index in [4.69, 9.17) is 14.6 Å². The Morgan fingerprint density at radius 2 is 2.08 bits per heavy atom. The number of aliphatic hydroxyl groups excluding tert-OH is 3. The Labute approximate surface area is 76.9 Å². The summed E-state index contributed by atoms with van der Waals surface area (Å²) in [6.45, 7) is 1.45. The number of hydrogen-bond acceptors (Lipinski definition) is 5. The molecule has 1 saturated heterocycles. The van der Waals surface area contributed by atoms with Crippen LogP contribution in [0.4, 0.5) is 0 Å². The van der Waals surface area contributed by atoms with Gasteiger partial charge >= 0.3 is 0 Å². The van der Waals surface area contributed by atoms with Crippen LogP contribution < -0.4 is 0 Å². The van der Waals surface area contributed by atoms with Crippen LogP contribution >= 0.6 is 0 Å². The largest absolute Gasteiger partial charge is 0.394 e. The van der Waals surface area contributed by atoms with Crippen molar-refractivity contribution in [3.63, 3.8) is 0 Å². The van der Waals surface area contributed by atoms with Gasteiger partial charge in [0, 0.05) is 13.5 Å². The summed E-state index contributed by atoms with van der Waals surface area (Å²) >= 11 is 0. The number of aliphatic hydroxyl groups is 3. The van der Waals surface area contributed by atoms with E-state index in [1.807, 2.05) is 0 Å². The Hall–Kier alpha value is -0.200. The zero-order valence-electron chi connectivity index (χ0n) is 7.80. The van der Waals surface area contributed by atoms with Crippen LogP contribution in [0.5, 0.6) is 0 Å². The van der Waals surface area contributed by atoms with Crippen molar-refractivity contribution in [2.75, 3.05) is 13.7 Å². The Balaban J connectivity index is 2.79. The van der Waals surface area contributed by atoms with Crippen LogP contribution in [0.1, 0.15) is 13.3 Å². The Morgan fingerprint density at radius 3 is 2.31 bits per heavy atom. The average Bonchev–Trinajstić information content (AvgIpc) is 2.42. The van der Waals surface area contributed by atoms with E-state index in [9.17, 15) is 10.2 Å². The molecular weight excluding hydrogens is 176 g/mol. The second kappa shape index (κ2) is 3.89. The molecule has 0 unspecified atom stereocenters. The maximum absolute atomic E-state index is 9.60. The van der Waals surface area contributed by atoms with E-state index in [1.165, 1.54) is 7.11 Å². The monoisotopic (exact) mass is 192 g/mol. The third-order valence-electron chi connectivity index (χ3n) is 2.52. The van der Waals surface area contributed by atoms with Gasteiger partial charge in [-0.05, 0) is 0 Å². The minimum Gasteiger partial charge on any atom is -0.394 e. The molecule has 1 fully saturated rings. The van der Waals surface area contributed by atoms with Crippen molar-refractivity contribution in [1.82, 2.24) is 0 Å². The summed E-state index contributed by atoms with van der Waals surface area (Å²) < 4.78 is 10.3. The van der Waals surface area contributed by atoms with Gasteiger partial charge in [0.1, 0.15) is 18.3 Å². The van der Waals surface area contributed by atoms with Gasteiger partial charge in [0.05, 0.1) is 6.61 Å². The average molecular weight is 192 g/mol. The first-order valence-electron chi connectivity index (χ1n) is 4.31. The molecule has 0 amide bonds. The summed E-state index contributed by atoms with van der Waals surface area (Å²) in [5.41, 5.74) is 0. The van der Waals surface area contributed by atoms with E-state index < -0.39 is 24.1 Å². The molecule has 1 aliphatic rings. The van der Waals surface area contributed by atoms with Gasteiger partial charge in [0.25, 0.3) is 0 Å². The summed E-state index contributed by atoms with van der Waals surface area (Å²) in [6, 6.07) is 0. The fraction of sp³-hybridized carbons (Fsp3) is 1.00. The van der Waals surface area contributed by atoms with Crippen LogP contribution in [-0.4, -0.2) is 53.1 Å². The minimum absolute atomic E-state index is 0.330. The van der Waals surface area contributed by atoms with Crippen molar-refractivity contribution in [3.8, 4) is 0 Å². The predicted octanol–water partition coefficient (Wildman–Crippen LogP) is -1.15. The smallest absolute Gasteiger partial charge is 0.197 e. The van der Waals surface area contributed by atoms with Crippen LogP contribution in [0.3, 0.4) is 0 Å². The van der Waals surface area contributed by atoms with Crippen molar-refractivity contribution in [2.24, 2.45) is 0 Å². The van der Waals surface area contributed by atoms with Gasteiger partial charge in [-0.3, -0.25) is 0 Å². The van der Waals surface area contributed by atoms with Crippen LogP contribution in [0.2, 0.25) is 0 Å². The third-order valence-corrected chi connectivity index (χ3v) is 2.52. The molecule has 0 aromatic heterocycles. The first kappa shape index (κ1) is 10.9. The highest BCUT2D eigenvalue weighted by molar-refractivity contribution is 4.95. The van der Waals surface area contributed by atoms with E-state index in [-0.39, 0.29) is 6.61 Å². The fourth-order valence-electron chi connectivity index (χ4n) is 1.61. The first-order chi connectivity index (χ1) is 6.11. The molecule has 0 aromatic rings. The topological polar surface area (TPSA) is 79.2 Å². The lowest BCUT2D eigenvalue weighted by molar-refractivity contribution is -0.248. The number of methoxy groups -OCH3 is 1. The number of hydrogen-bond donors (Lipinski definition) is 3. The Kier molecular flexibility index (Phi) is 3.26. The van der Waals surface area contributed by atoms with E-state index in [0.717, 1.165) is 0 Å². The maximum Gasteiger partial charge on any atom is 0.197 e. The van der Waals surface area contributed by atoms with Gasteiger partial charge in [-0.15, -0.1) is 0 Å². The molecular formula is C8H16O5. The lowest BCUT2D eigenvalue weighted by atomic mass is 10.0. The second-order valence-corrected chi connectivity index (χ2v) is 3.14. The zero-order chi connectivity index (χ0) is 10.1. The molecule has 3 N–H and O–H groups in total. The Morgan fingerprint density at radius 1 is 1.46 bits per heavy atom. The third kappa shape index (κ3) is 1.58. The van der Waals surface area contributed by atoms with Crippen LogP contribution in [0.25, 0.3) is 0 Å². The van der Waals surface area contributed by atoms with Gasteiger partial charge in [-0.2, -0.15) is 0 Å². The molecule has 0 bridgehead atoms. The maximum atomic E-state index is 9.60. The molecule has 5 nitrogen and oxygen atoms in total.